The minimum Gasteiger partial charge on any atom is -0.495 e. The first-order chi connectivity index (χ1) is 9.30. The normalized spacial score (nSPS) is 11.6. The van der Waals surface area contributed by atoms with Gasteiger partial charge in [0.05, 0.1) is 37.1 Å². The van der Waals surface area contributed by atoms with E-state index in [1.165, 1.54) is 0 Å². The van der Waals surface area contributed by atoms with Gasteiger partial charge in [-0.3, -0.25) is 0 Å². The van der Waals surface area contributed by atoms with Crippen LogP contribution in [0.25, 0.3) is 0 Å². The minimum absolute atomic E-state index is 0.459. The highest BCUT2D eigenvalue weighted by Gasteiger charge is 2.16. The highest BCUT2D eigenvalue weighted by Crippen LogP contribution is 2.27. The number of anilines is 1. The van der Waals surface area contributed by atoms with Gasteiger partial charge in [0.1, 0.15) is 5.75 Å². The van der Waals surface area contributed by atoms with Crippen LogP contribution in [0.3, 0.4) is 0 Å². The number of hydrogen-bond acceptors (Lipinski definition) is 4. The molecule has 0 aliphatic heterocycles. The van der Waals surface area contributed by atoms with E-state index in [0.717, 1.165) is 17.9 Å². The third-order valence-corrected chi connectivity index (χ3v) is 2.92. The fourth-order valence-electron chi connectivity index (χ4n) is 1.93. The number of ether oxygens (including phenoxy) is 1. The lowest BCUT2D eigenvalue weighted by atomic mass is 10.2. The number of para-hydroxylation sites is 2. The van der Waals surface area contributed by atoms with Crippen LogP contribution >= 0.6 is 0 Å². The van der Waals surface area contributed by atoms with Crippen LogP contribution in [0.15, 0.2) is 36.8 Å². The molecule has 1 unspecified atom stereocenters. The van der Waals surface area contributed by atoms with Crippen LogP contribution in [-0.2, 0) is 6.54 Å². The molecule has 1 atom stereocenters. The Morgan fingerprint density at radius 2 is 2.26 bits per heavy atom. The fourth-order valence-corrected chi connectivity index (χ4v) is 1.93. The Labute approximate surface area is 112 Å². The van der Waals surface area contributed by atoms with Crippen molar-refractivity contribution in [3.05, 3.63) is 42.5 Å². The SMILES string of the molecule is CCn1cncc1C(C#N)Nc1ccccc1OC. The number of aryl methyl sites for hydroxylation is 1. The number of benzene rings is 1. The van der Waals surface area contributed by atoms with Crippen molar-refractivity contribution in [1.82, 2.24) is 9.55 Å². The number of aromatic nitrogens is 2. The fraction of sp³-hybridized carbons (Fsp3) is 0.286. The lowest BCUT2D eigenvalue weighted by Crippen LogP contribution is -2.13. The lowest BCUT2D eigenvalue weighted by molar-refractivity contribution is 0.416. The van der Waals surface area contributed by atoms with Crippen LogP contribution in [0, 0.1) is 11.3 Å². The molecule has 0 radical (unpaired) electrons. The zero-order valence-corrected chi connectivity index (χ0v) is 11.0. The summed E-state index contributed by atoms with van der Waals surface area (Å²) in [5.41, 5.74) is 1.64. The maximum Gasteiger partial charge on any atom is 0.157 e. The molecule has 1 heterocycles. The number of rotatable bonds is 5. The highest BCUT2D eigenvalue weighted by molar-refractivity contribution is 5.58. The van der Waals surface area contributed by atoms with Crippen LogP contribution in [-0.4, -0.2) is 16.7 Å². The van der Waals surface area contributed by atoms with Gasteiger partial charge >= 0.3 is 0 Å². The summed E-state index contributed by atoms with van der Waals surface area (Å²) < 4.78 is 7.21. The molecule has 1 aromatic carbocycles. The Balaban J connectivity index is 2.27. The molecule has 1 aromatic heterocycles. The van der Waals surface area contributed by atoms with Gasteiger partial charge in [-0.25, -0.2) is 4.98 Å². The molecule has 2 rings (SSSR count). The van der Waals surface area contributed by atoms with Crippen molar-refractivity contribution in [2.45, 2.75) is 19.5 Å². The predicted molar refractivity (Wildman–Crippen MR) is 72.9 cm³/mol. The molecular formula is C14H16N4O. The molecular weight excluding hydrogens is 240 g/mol. The van der Waals surface area contributed by atoms with E-state index in [4.69, 9.17) is 4.74 Å². The van der Waals surface area contributed by atoms with Crippen molar-refractivity contribution in [2.24, 2.45) is 0 Å². The Morgan fingerprint density at radius 1 is 1.47 bits per heavy atom. The van der Waals surface area contributed by atoms with Crippen molar-refractivity contribution in [2.75, 3.05) is 12.4 Å². The summed E-state index contributed by atoms with van der Waals surface area (Å²) in [6.07, 6.45) is 3.43. The number of methoxy groups -OCH3 is 1. The smallest absolute Gasteiger partial charge is 0.157 e. The van der Waals surface area contributed by atoms with Gasteiger partial charge in [-0.05, 0) is 19.1 Å². The summed E-state index contributed by atoms with van der Waals surface area (Å²) in [6.45, 7) is 2.80. The number of imidazole rings is 1. The average Bonchev–Trinajstić information content (AvgIpc) is 2.93. The number of hydrogen-bond donors (Lipinski definition) is 1. The van der Waals surface area contributed by atoms with E-state index in [2.05, 4.69) is 16.4 Å². The van der Waals surface area contributed by atoms with Crippen molar-refractivity contribution >= 4 is 5.69 Å². The summed E-state index contributed by atoms with van der Waals surface area (Å²) in [4.78, 5) is 4.09. The van der Waals surface area contributed by atoms with Crippen LogP contribution < -0.4 is 10.1 Å². The quantitative estimate of drug-likeness (QED) is 0.893. The van der Waals surface area contributed by atoms with Crippen LogP contribution in [0.4, 0.5) is 5.69 Å². The number of nitriles is 1. The summed E-state index contributed by atoms with van der Waals surface area (Å²) >= 11 is 0. The Morgan fingerprint density at radius 3 is 2.95 bits per heavy atom. The molecule has 0 aliphatic carbocycles. The summed E-state index contributed by atoms with van der Waals surface area (Å²) in [6, 6.07) is 9.32. The van der Waals surface area contributed by atoms with E-state index in [1.807, 2.05) is 35.8 Å². The van der Waals surface area contributed by atoms with Gasteiger partial charge < -0.3 is 14.6 Å². The molecule has 1 N–H and O–H groups in total. The second-order valence-electron chi connectivity index (χ2n) is 4.01. The molecule has 0 saturated carbocycles. The molecule has 2 aromatic rings. The second-order valence-corrected chi connectivity index (χ2v) is 4.01. The first-order valence-electron chi connectivity index (χ1n) is 6.09. The first kappa shape index (κ1) is 13.0. The Kier molecular flexibility index (Phi) is 4.04. The number of nitrogens with zero attached hydrogens (tertiary/aromatic N) is 3. The van der Waals surface area contributed by atoms with Crippen molar-refractivity contribution < 1.29 is 4.74 Å². The summed E-state index contributed by atoms with van der Waals surface area (Å²) in [5.74, 6) is 0.713. The van der Waals surface area contributed by atoms with Gasteiger partial charge in [0.25, 0.3) is 0 Å². The minimum atomic E-state index is -0.459. The maximum absolute atomic E-state index is 9.35. The topological polar surface area (TPSA) is 62.9 Å². The maximum atomic E-state index is 9.35. The average molecular weight is 256 g/mol. The van der Waals surface area contributed by atoms with Gasteiger partial charge in [-0.1, -0.05) is 12.1 Å². The van der Waals surface area contributed by atoms with Crippen molar-refractivity contribution in [3.8, 4) is 11.8 Å². The van der Waals surface area contributed by atoms with Crippen LogP contribution in [0.1, 0.15) is 18.7 Å². The van der Waals surface area contributed by atoms with E-state index in [9.17, 15) is 5.26 Å². The molecule has 0 saturated heterocycles. The van der Waals surface area contributed by atoms with Gasteiger partial charge in [0, 0.05) is 6.54 Å². The molecule has 0 spiro atoms. The molecule has 19 heavy (non-hydrogen) atoms. The summed E-state index contributed by atoms with van der Waals surface area (Å²) in [7, 11) is 1.61. The molecule has 0 aliphatic rings. The molecule has 98 valence electrons. The largest absolute Gasteiger partial charge is 0.495 e. The Hall–Kier alpha value is -2.48. The third kappa shape index (κ3) is 2.68. The standard InChI is InChI=1S/C14H16N4O/c1-3-18-10-16-9-13(18)12(8-15)17-11-6-4-5-7-14(11)19-2/h4-7,9-10,12,17H,3H2,1-2H3. The van der Waals surface area contributed by atoms with E-state index < -0.39 is 6.04 Å². The second kappa shape index (κ2) is 5.91. The van der Waals surface area contributed by atoms with E-state index in [1.54, 1.807) is 19.6 Å². The summed E-state index contributed by atoms with van der Waals surface area (Å²) in [5, 5.41) is 12.5. The molecule has 0 bridgehead atoms. The first-order valence-corrected chi connectivity index (χ1v) is 6.09. The van der Waals surface area contributed by atoms with Crippen molar-refractivity contribution in [1.29, 1.82) is 5.26 Å². The van der Waals surface area contributed by atoms with Gasteiger partial charge in [0.2, 0.25) is 0 Å². The van der Waals surface area contributed by atoms with E-state index in [-0.39, 0.29) is 0 Å². The predicted octanol–water partition coefficient (Wildman–Crippen LogP) is 2.59. The van der Waals surface area contributed by atoms with Crippen molar-refractivity contribution in [3.63, 3.8) is 0 Å². The third-order valence-electron chi connectivity index (χ3n) is 2.92. The Bertz CT molecular complexity index is 585. The monoisotopic (exact) mass is 256 g/mol. The molecule has 5 nitrogen and oxygen atoms in total. The van der Waals surface area contributed by atoms with Gasteiger partial charge in [-0.2, -0.15) is 5.26 Å². The molecule has 5 heteroatoms. The molecule has 0 fully saturated rings. The number of nitrogens with one attached hydrogen (secondary N) is 1. The van der Waals surface area contributed by atoms with E-state index in [0.29, 0.717) is 5.75 Å². The lowest BCUT2D eigenvalue weighted by Gasteiger charge is -2.16. The highest BCUT2D eigenvalue weighted by atomic mass is 16.5. The molecule has 0 amide bonds. The van der Waals surface area contributed by atoms with Gasteiger partial charge in [-0.15, -0.1) is 0 Å². The van der Waals surface area contributed by atoms with E-state index >= 15 is 0 Å². The zero-order chi connectivity index (χ0) is 13.7. The zero-order valence-electron chi connectivity index (χ0n) is 11.0. The van der Waals surface area contributed by atoms with Crippen LogP contribution in [0.2, 0.25) is 0 Å². The van der Waals surface area contributed by atoms with Gasteiger partial charge in [0.15, 0.2) is 6.04 Å². The van der Waals surface area contributed by atoms with Crippen LogP contribution in [0.5, 0.6) is 5.75 Å².